The summed E-state index contributed by atoms with van der Waals surface area (Å²) in [5.74, 6) is 0.565. The first-order chi connectivity index (χ1) is 9.86. The van der Waals surface area contributed by atoms with E-state index in [0.717, 1.165) is 25.9 Å². The highest BCUT2D eigenvalue weighted by molar-refractivity contribution is 7.11. The molecule has 0 spiro atoms. The average molecular weight is 287 g/mol. The lowest BCUT2D eigenvalue weighted by Crippen LogP contribution is -2.15. The van der Waals surface area contributed by atoms with Crippen molar-refractivity contribution >= 4 is 11.3 Å². The molecule has 0 saturated carbocycles. The summed E-state index contributed by atoms with van der Waals surface area (Å²) >= 11 is 1.80. The minimum absolute atomic E-state index is 0.565. The second-order valence-electron chi connectivity index (χ2n) is 5.35. The van der Waals surface area contributed by atoms with Gasteiger partial charge in [0.15, 0.2) is 0 Å². The number of likely N-dealkylation sites (N-methyl/N-ethyl adjacent to an activating group) is 1. The highest BCUT2D eigenvalue weighted by atomic mass is 32.1. The van der Waals surface area contributed by atoms with Gasteiger partial charge in [-0.1, -0.05) is 31.2 Å². The lowest BCUT2D eigenvalue weighted by atomic mass is 9.84. The Hall–Kier alpha value is -1.26. The maximum absolute atomic E-state index is 4.43. The Kier molecular flexibility index (Phi) is 4.43. The summed E-state index contributed by atoms with van der Waals surface area (Å²) in [6.07, 6.45) is 4.50. The number of nitrogens with one attached hydrogen (secondary N) is 1. The van der Waals surface area contributed by atoms with Gasteiger partial charge in [-0.3, -0.25) is 0 Å². The molecule has 2 aromatic rings. The fourth-order valence-electron chi connectivity index (χ4n) is 2.81. The van der Waals surface area contributed by atoms with Gasteiger partial charge in [-0.15, -0.1) is 21.5 Å². The Morgan fingerprint density at radius 3 is 2.95 bits per heavy atom. The molecular weight excluding hydrogens is 266 g/mol. The number of hydrogen-bond donors (Lipinski definition) is 1. The number of fused-ring (bicyclic) bond motifs is 1. The van der Waals surface area contributed by atoms with Crippen molar-refractivity contribution < 1.29 is 0 Å². The molecule has 1 aromatic carbocycles. The first-order valence-electron chi connectivity index (χ1n) is 7.46. The van der Waals surface area contributed by atoms with E-state index in [1.165, 1.54) is 34.0 Å². The summed E-state index contributed by atoms with van der Waals surface area (Å²) in [4.78, 5) is 0. The third-order valence-corrected chi connectivity index (χ3v) is 5.09. The van der Waals surface area contributed by atoms with Crippen LogP contribution in [0.25, 0.3) is 0 Å². The van der Waals surface area contributed by atoms with Crippen LogP contribution in [0.15, 0.2) is 24.3 Å². The maximum atomic E-state index is 4.43. The quantitative estimate of drug-likeness (QED) is 0.859. The molecule has 1 aliphatic carbocycles. The molecule has 1 aromatic heterocycles. The Balaban J connectivity index is 1.66. The zero-order chi connectivity index (χ0) is 13.8. The number of rotatable bonds is 5. The van der Waals surface area contributed by atoms with Crippen LogP contribution in [0.1, 0.15) is 40.4 Å². The Bertz CT molecular complexity index is 564. The van der Waals surface area contributed by atoms with E-state index in [2.05, 4.69) is 46.7 Å². The summed E-state index contributed by atoms with van der Waals surface area (Å²) < 4.78 is 0. The summed E-state index contributed by atoms with van der Waals surface area (Å²) in [6, 6.07) is 8.80. The number of aromatic nitrogens is 2. The summed E-state index contributed by atoms with van der Waals surface area (Å²) in [5.41, 5.74) is 3.01. The van der Waals surface area contributed by atoms with Crippen LogP contribution < -0.4 is 5.32 Å². The molecular formula is C16H21N3S. The number of nitrogens with zero attached hydrogens (tertiary/aromatic N) is 2. The molecule has 0 fully saturated rings. The van der Waals surface area contributed by atoms with E-state index in [1.54, 1.807) is 11.3 Å². The largest absolute Gasteiger partial charge is 0.317 e. The van der Waals surface area contributed by atoms with E-state index < -0.39 is 0 Å². The van der Waals surface area contributed by atoms with Gasteiger partial charge in [0, 0.05) is 18.9 Å². The molecule has 0 bridgehead atoms. The van der Waals surface area contributed by atoms with Crippen molar-refractivity contribution in [2.75, 3.05) is 13.1 Å². The van der Waals surface area contributed by atoms with Gasteiger partial charge in [-0.2, -0.15) is 0 Å². The fourth-order valence-corrected chi connectivity index (χ4v) is 3.79. The van der Waals surface area contributed by atoms with Gasteiger partial charge in [0.2, 0.25) is 0 Å². The van der Waals surface area contributed by atoms with Crippen molar-refractivity contribution in [2.24, 2.45) is 0 Å². The fraction of sp³-hybridized carbons (Fsp3) is 0.500. The predicted octanol–water partition coefficient (Wildman–Crippen LogP) is 2.96. The summed E-state index contributed by atoms with van der Waals surface area (Å²) in [5, 5.41) is 14.5. The van der Waals surface area contributed by atoms with Gasteiger partial charge >= 0.3 is 0 Å². The molecule has 20 heavy (non-hydrogen) atoms. The predicted molar refractivity (Wildman–Crippen MR) is 83.4 cm³/mol. The lowest BCUT2D eigenvalue weighted by molar-refractivity contribution is 0.577. The molecule has 4 heteroatoms. The van der Waals surface area contributed by atoms with Crippen LogP contribution in [0.2, 0.25) is 0 Å². The molecule has 0 radical (unpaired) electrons. The van der Waals surface area contributed by atoms with Gasteiger partial charge in [0.05, 0.1) is 0 Å². The SMILES string of the molecule is CCNCCc1nnc(C2CCc3ccccc3C2)s1. The summed E-state index contributed by atoms with van der Waals surface area (Å²) in [6.45, 7) is 4.15. The standard InChI is InChI=1S/C16H21N3S/c1-2-17-10-9-15-18-19-16(20-15)14-8-7-12-5-3-4-6-13(12)11-14/h3-6,14,17H,2,7-11H2,1H3. The van der Waals surface area contributed by atoms with E-state index in [-0.39, 0.29) is 0 Å². The molecule has 1 heterocycles. The molecule has 3 rings (SSSR count). The van der Waals surface area contributed by atoms with Gasteiger partial charge in [0.1, 0.15) is 10.0 Å². The van der Waals surface area contributed by atoms with Gasteiger partial charge in [0.25, 0.3) is 0 Å². The van der Waals surface area contributed by atoms with Crippen molar-refractivity contribution in [3.8, 4) is 0 Å². The lowest BCUT2D eigenvalue weighted by Gasteiger charge is -2.22. The monoisotopic (exact) mass is 287 g/mol. The van der Waals surface area contributed by atoms with Crippen molar-refractivity contribution in [3.63, 3.8) is 0 Å². The molecule has 0 aliphatic heterocycles. The van der Waals surface area contributed by atoms with Crippen LogP contribution in [0.5, 0.6) is 0 Å². The molecule has 106 valence electrons. The molecule has 1 aliphatic rings. The number of hydrogen-bond acceptors (Lipinski definition) is 4. The zero-order valence-corrected chi connectivity index (χ0v) is 12.7. The molecule has 3 nitrogen and oxygen atoms in total. The topological polar surface area (TPSA) is 37.8 Å². The van der Waals surface area contributed by atoms with Crippen LogP contribution in [0, 0.1) is 0 Å². The minimum atomic E-state index is 0.565. The van der Waals surface area contributed by atoms with Crippen LogP contribution in [0.4, 0.5) is 0 Å². The van der Waals surface area contributed by atoms with Crippen molar-refractivity contribution in [1.82, 2.24) is 15.5 Å². The van der Waals surface area contributed by atoms with Gasteiger partial charge in [-0.05, 0) is 36.9 Å². The molecule has 1 atom stereocenters. The second-order valence-corrected chi connectivity index (χ2v) is 6.44. The molecule has 1 unspecified atom stereocenters. The Morgan fingerprint density at radius 2 is 2.10 bits per heavy atom. The van der Waals surface area contributed by atoms with E-state index in [0.29, 0.717) is 5.92 Å². The van der Waals surface area contributed by atoms with Gasteiger partial charge < -0.3 is 5.32 Å². The molecule has 0 amide bonds. The Morgan fingerprint density at radius 1 is 1.25 bits per heavy atom. The highest BCUT2D eigenvalue weighted by Crippen LogP contribution is 2.33. The molecule has 0 saturated heterocycles. The van der Waals surface area contributed by atoms with Gasteiger partial charge in [-0.25, -0.2) is 0 Å². The van der Waals surface area contributed by atoms with E-state index in [1.807, 2.05) is 0 Å². The summed E-state index contributed by atoms with van der Waals surface area (Å²) in [7, 11) is 0. The normalized spacial score (nSPS) is 17.9. The van der Waals surface area contributed by atoms with Crippen LogP contribution in [0.3, 0.4) is 0 Å². The zero-order valence-electron chi connectivity index (χ0n) is 11.9. The average Bonchev–Trinajstić information content (AvgIpc) is 2.96. The van der Waals surface area contributed by atoms with Crippen molar-refractivity contribution in [1.29, 1.82) is 0 Å². The van der Waals surface area contributed by atoms with E-state index >= 15 is 0 Å². The minimum Gasteiger partial charge on any atom is -0.317 e. The third kappa shape index (κ3) is 3.07. The molecule has 1 N–H and O–H groups in total. The smallest absolute Gasteiger partial charge is 0.120 e. The van der Waals surface area contributed by atoms with E-state index in [9.17, 15) is 0 Å². The van der Waals surface area contributed by atoms with E-state index in [4.69, 9.17) is 0 Å². The first-order valence-corrected chi connectivity index (χ1v) is 8.28. The second kappa shape index (κ2) is 6.46. The van der Waals surface area contributed by atoms with Crippen LogP contribution >= 0.6 is 11.3 Å². The van der Waals surface area contributed by atoms with Crippen molar-refractivity contribution in [2.45, 2.75) is 38.5 Å². The first kappa shape index (κ1) is 13.7. The number of benzene rings is 1. The highest BCUT2D eigenvalue weighted by Gasteiger charge is 2.22. The maximum Gasteiger partial charge on any atom is 0.120 e. The van der Waals surface area contributed by atoms with Crippen LogP contribution in [-0.2, 0) is 19.3 Å². The van der Waals surface area contributed by atoms with Crippen molar-refractivity contribution in [3.05, 3.63) is 45.4 Å². The van der Waals surface area contributed by atoms with Crippen LogP contribution in [-0.4, -0.2) is 23.3 Å². The third-order valence-electron chi connectivity index (χ3n) is 3.94. The Labute approximate surface area is 124 Å². The number of aryl methyl sites for hydroxylation is 1.